The van der Waals surface area contributed by atoms with Crippen LogP contribution in [0.2, 0.25) is 0 Å². The van der Waals surface area contributed by atoms with Crippen LogP contribution in [0.3, 0.4) is 0 Å². The fourth-order valence-corrected chi connectivity index (χ4v) is 5.83. The van der Waals surface area contributed by atoms with Crippen LogP contribution in [0.15, 0.2) is 60.7 Å². The number of rotatable bonds is 0. The average molecular weight is 622 g/mol. The molecule has 4 aromatic carbocycles. The van der Waals surface area contributed by atoms with Crippen molar-refractivity contribution in [3.8, 4) is 45.6 Å². The molecule has 2 aliphatic rings. The highest BCUT2D eigenvalue weighted by Gasteiger charge is 2.29. The molecular formula is C32H12F6N8. The van der Waals surface area contributed by atoms with Crippen LogP contribution < -0.4 is 0 Å². The third-order valence-electron chi connectivity index (χ3n) is 7.91. The van der Waals surface area contributed by atoms with Crippen LogP contribution in [-0.2, 0) is 0 Å². The molecule has 9 rings (SSSR count). The highest BCUT2D eigenvalue weighted by molar-refractivity contribution is 6.06. The zero-order valence-corrected chi connectivity index (χ0v) is 22.7. The Morgan fingerprint density at radius 3 is 1.43 bits per heavy atom. The van der Waals surface area contributed by atoms with Gasteiger partial charge in [0.25, 0.3) is 0 Å². The lowest BCUT2D eigenvalue weighted by Gasteiger charge is -2.01. The lowest BCUT2D eigenvalue weighted by atomic mass is 10.1. The minimum atomic E-state index is -2.10. The SMILES string of the molecule is Fc1ccc2c(c1F)-c1nc-2nc2[nH]c(nc3nc(nc4[nH]c(n1)c1c(F)c(F)c(F)c(F)c41)-c1ccccc1-3)c1ccccc21. The molecule has 14 heteroatoms. The number of aromatic nitrogens is 8. The normalized spacial score (nSPS) is 12.1. The van der Waals surface area contributed by atoms with E-state index in [9.17, 15) is 13.2 Å². The number of halogens is 6. The van der Waals surface area contributed by atoms with Crippen LogP contribution >= 0.6 is 0 Å². The fourth-order valence-electron chi connectivity index (χ4n) is 5.83. The molecule has 5 heterocycles. The van der Waals surface area contributed by atoms with Gasteiger partial charge in [0, 0.05) is 27.5 Å². The number of nitrogens with zero attached hydrogens (tertiary/aromatic N) is 6. The highest BCUT2D eigenvalue weighted by Crippen LogP contribution is 2.39. The Kier molecular flexibility index (Phi) is 5.23. The second-order valence-electron chi connectivity index (χ2n) is 10.5. The maximum Gasteiger partial charge on any atom is 0.198 e. The minimum absolute atomic E-state index is 0.00579. The molecule has 0 saturated carbocycles. The summed E-state index contributed by atoms with van der Waals surface area (Å²) >= 11 is 0. The van der Waals surface area contributed by atoms with Crippen molar-refractivity contribution in [2.24, 2.45) is 0 Å². The van der Waals surface area contributed by atoms with Crippen molar-refractivity contribution in [1.82, 2.24) is 39.9 Å². The summed E-state index contributed by atoms with van der Waals surface area (Å²) in [4.78, 5) is 32.5. The van der Waals surface area contributed by atoms with E-state index in [1.165, 1.54) is 6.07 Å². The van der Waals surface area contributed by atoms with Gasteiger partial charge in [-0.15, -0.1) is 0 Å². The van der Waals surface area contributed by atoms with E-state index in [0.29, 0.717) is 27.5 Å². The molecule has 8 nitrogen and oxygen atoms in total. The lowest BCUT2D eigenvalue weighted by molar-refractivity contribution is 0.418. The van der Waals surface area contributed by atoms with Gasteiger partial charge in [0.05, 0.1) is 16.3 Å². The topological polar surface area (TPSA) is 109 Å². The largest absolute Gasteiger partial charge is 0.324 e. The molecule has 0 atom stereocenters. The third-order valence-corrected chi connectivity index (χ3v) is 7.91. The Labute approximate surface area is 251 Å². The molecule has 3 aromatic heterocycles. The Morgan fingerprint density at radius 1 is 0.391 bits per heavy atom. The van der Waals surface area contributed by atoms with Gasteiger partial charge in [-0.25, -0.2) is 56.2 Å². The predicted octanol–water partition coefficient (Wildman–Crippen LogP) is 7.70. The highest BCUT2D eigenvalue weighted by atomic mass is 19.2. The van der Waals surface area contributed by atoms with Crippen molar-refractivity contribution in [2.75, 3.05) is 0 Å². The smallest absolute Gasteiger partial charge is 0.198 e. The van der Waals surface area contributed by atoms with Gasteiger partial charge in [-0.2, -0.15) is 0 Å². The first-order valence-electron chi connectivity index (χ1n) is 13.6. The van der Waals surface area contributed by atoms with E-state index in [-0.39, 0.29) is 28.7 Å². The standard InChI is InChI=1S/C32H12F6N8/c33-16-10-9-15-17(20(16)34)30-44-29(15)42-27-12-6-2-1-5-11(12)25(40-27)39-26-13-7-3-4-8-14(13)28(41-26)43-31-18-19(32(45-30)46-31)22(36)24(38)23(37)21(18)35/h1-10H,(H2,39,40,41,42,43,44,45,46). The van der Waals surface area contributed by atoms with Crippen molar-refractivity contribution in [1.29, 1.82) is 0 Å². The number of nitrogens with one attached hydrogen (secondary N) is 2. The molecule has 0 fully saturated rings. The number of fused-ring (bicyclic) bond motifs is 20. The minimum Gasteiger partial charge on any atom is -0.324 e. The van der Waals surface area contributed by atoms with Crippen LogP contribution in [0.4, 0.5) is 26.3 Å². The number of hydrogen-bond donors (Lipinski definition) is 2. The third kappa shape index (κ3) is 3.51. The monoisotopic (exact) mass is 622 g/mol. The lowest BCUT2D eigenvalue weighted by Crippen LogP contribution is -1.97. The van der Waals surface area contributed by atoms with Gasteiger partial charge in [0.1, 0.15) is 22.6 Å². The summed E-state index contributed by atoms with van der Waals surface area (Å²) in [5.41, 5.74) is 0.200. The van der Waals surface area contributed by atoms with Crippen LogP contribution in [0.5, 0.6) is 0 Å². The summed E-state index contributed by atoms with van der Waals surface area (Å²) in [5, 5.41) is -0.328. The Bertz CT molecular complexity index is 2680. The summed E-state index contributed by atoms with van der Waals surface area (Å²) in [6.07, 6.45) is 0. The van der Waals surface area contributed by atoms with E-state index in [1.807, 2.05) is 0 Å². The van der Waals surface area contributed by atoms with Gasteiger partial charge >= 0.3 is 0 Å². The second kappa shape index (κ2) is 9.17. The first kappa shape index (κ1) is 26.2. The Balaban J connectivity index is 1.55. The molecule has 7 aromatic rings. The maximum atomic E-state index is 15.4. The quantitative estimate of drug-likeness (QED) is 0.102. The molecule has 222 valence electrons. The molecule has 0 spiro atoms. The average Bonchev–Trinajstić information content (AvgIpc) is 3.79. The van der Waals surface area contributed by atoms with Gasteiger partial charge in [0.15, 0.2) is 58.2 Å². The van der Waals surface area contributed by atoms with E-state index < -0.39 is 68.4 Å². The van der Waals surface area contributed by atoms with Gasteiger partial charge in [0.2, 0.25) is 0 Å². The van der Waals surface area contributed by atoms with Crippen LogP contribution in [-0.4, -0.2) is 39.9 Å². The van der Waals surface area contributed by atoms with Crippen molar-refractivity contribution in [3.05, 3.63) is 95.6 Å². The number of aromatic amines is 2. The van der Waals surface area contributed by atoms with Crippen molar-refractivity contribution >= 4 is 44.1 Å². The van der Waals surface area contributed by atoms with Crippen molar-refractivity contribution in [2.45, 2.75) is 0 Å². The van der Waals surface area contributed by atoms with Gasteiger partial charge in [-0.05, 0) is 12.1 Å². The van der Waals surface area contributed by atoms with Crippen molar-refractivity contribution in [3.63, 3.8) is 0 Å². The van der Waals surface area contributed by atoms with E-state index in [2.05, 4.69) is 34.9 Å². The molecule has 8 bridgehead atoms. The van der Waals surface area contributed by atoms with Gasteiger partial charge < -0.3 is 9.97 Å². The number of hydrogen-bond acceptors (Lipinski definition) is 6. The van der Waals surface area contributed by atoms with E-state index in [4.69, 9.17) is 4.98 Å². The number of benzene rings is 4. The van der Waals surface area contributed by atoms with Crippen LogP contribution in [0.1, 0.15) is 0 Å². The first-order chi connectivity index (χ1) is 22.3. The fraction of sp³-hybridized carbons (Fsp3) is 0. The predicted molar refractivity (Wildman–Crippen MR) is 156 cm³/mol. The second-order valence-corrected chi connectivity index (χ2v) is 10.5. The summed E-state index contributed by atoms with van der Waals surface area (Å²) in [7, 11) is 0. The molecule has 0 amide bonds. The Hall–Kier alpha value is -6.18. The Morgan fingerprint density at radius 2 is 0.848 bits per heavy atom. The maximum absolute atomic E-state index is 15.4. The summed E-state index contributed by atoms with van der Waals surface area (Å²) in [6.45, 7) is 0. The van der Waals surface area contributed by atoms with E-state index in [1.54, 1.807) is 48.5 Å². The van der Waals surface area contributed by atoms with Crippen LogP contribution in [0, 0.1) is 34.9 Å². The molecular weight excluding hydrogens is 610 g/mol. The zero-order valence-electron chi connectivity index (χ0n) is 22.7. The van der Waals surface area contributed by atoms with Gasteiger partial charge in [-0.3, -0.25) is 0 Å². The molecule has 0 unspecified atom stereocenters. The molecule has 2 N–H and O–H groups in total. The summed E-state index contributed by atoms with van der Waals surface area (Å²) < 4.78 is 89.8. The molecule has 0 radical (unpaired) electrons. The first-order valence-corrected chi connectivity index (χ1v) is 13.6. The zero-order chi connectivity index (χ0) is 31.4. The molecule has 0 saturated heterocycles. The van der Waals surface area contributed by atoms with Gasteiger partial charge in [-0.1, -0.05) is 48.5 Å². The number of H-pyrrole nitrogens is 2. The van der Waals surface area contributed by atoms with Crippen LogP contribution in [0.25, 0.3) is 89.7 Å². The molecule has 46 heavy (non-hydrogen) atoms. The summed E-state index contributed by atoms with van der Waals surface area (Å²) in [6, 6.07) is 16.2. The molecule has 0 aliphatic carbocycles. The molecule has 2 aliphatic heterocycles. The van der Waals surface area contributed by atoms with E-state index in [0.717, 1.165) is 6.07 Å². The van der Waals surface area contributed by atoms with Crippen molar-refractivity contribution < 1.29 is 26.3 Å². The summed E-state index contributed by atoms with van der Waals surface area (Å²) in [5.74, 6) is -10.7. The van der Waals surface area contributed by atoms with E-state index >= 15 is 13.2 Å².